The van der Waals surface area contributed by atoms with E-state index in [1.807, 2.05) is 0 Å². The highest BCUT2D eigenvalue weighted by atomic mass is 32.1. The van der Waals surface area contributed by atoms with Crippen LogP contribution in [0, 0.1) is 6.92 Å². The van der Waals surface area contributed by atoms with E-state index in [0.717, 1.165) is 24.6 Å². The van der Waals surface area contributed by atoms with Gasteiger partial charge in [0.05, 0.1) is 6.04 Å². The maximum atomic E-state index is 5.71. The number of nitrogens with one attached hydrogen (secondary N) is 1. The summed E-state index contributed by atoms with van der Waals surface area (Å²) >= 11 is 5.71. The van der Waals surface area contributed by atoms with E-state index < -0.39 is 0 Å². The van der Waals surface area contributed by atoms with Crippen LogP contribution in [0.25, 0.3) is 0 Å². The molecule has 0 amide bonds. The van der Waals surface area contributed by atoms with Crippen LogP contribution in [0.15, 0.2) is 54.6 Å². The molecule has 24 heavy (non-hydrogen) atoms. The van der Waals surface area contributed by atoms with Crippen molar-refractivity contribution in [2.24, 2.45) is 0 Å². The predicted molar refractivity (Wildman–Crippen MR) is 105 cm³/mol. The number of benzene rings is 2. The van der Waals surface area contributed by atoms with Gasteiger partial charge < -0.3 is 10.2 Å². The first-order valence-corrected chi connectivity index (χ1v) is 9.29. The molecule has 0 aliphatic carbocycles. The summed E-state index contributed by atoms with van der Waals surface area (Å²) in [6.07, 6.45) is 4.76. The Morgan fingerprint density at radius 1 is 1.04 bits per heavy atom. The second-order valence-electron chi connectivity index (χ2n) is 6.65. The molecule has 1 N–H and O–H groups in total. The molecule has 1 unspecified atom stereocenters. The van der Waals surface area contributed by atoms with Crippen molar-refractivity contribution in [1.82, 2.24) is 10.2 Å². The van der Waals surface area contributed by atoms with Crippen LogP contribution < -0.4 is 5.32 Å². The predicted octanol–water partition coefficient (Wildman–Crippen LogP) is 4.64. The lowest BCUT2D eigenvalue weighted by atomic mass is 9.98. The Balaban J connectivity index is 1.76. The van der Waals surface area contributed by atoms with E-state index in [9.17, 15) is 0 Å². The standard InChI is InChI=1S/C21H26N2S/c1-17-9-8-10-18(15-17)16-20(19-11-4-2-5-12-19)22-21(24)23-13-6-3-7-14-23/h2,4-5,8-12,15,20H,3,6-7,13-14,16H2,1H3,(H,22,24). The average molecular weight is 339 g/mol. The van der Waals surface area contributed by atoms with Crippen LogP contribution in [-0.4, -0.2) is 23.1 Å². The monoisotopic (exact) mass is 338 g/mol. The zero-order valence-corrected chi connectivity index (χ0v) is 15.2. The normalized spacial score (nSPS) is 15.8. The highest BCUT2D eigenvalue weighted by Crippen LogP contribution is 2.20. The van der Waals surface area contributed by atoms with E-state index in [1.54, 1.807) is 0 Å². The largest absolute Gasteiger partial charge is 0.355 e. The van der Waals surface area contributed by atoms with Crippen LogP contribution in [0.5, 0.6) is 0 Å². The van der Waals surface area contributed by atoms with Crippen molar-refractivity contribution in [3.05, 3.63) is 71.3 Å². The first-order chi connectivity index (χ1) is 11.7. The van der Waals surface area contributed by atoms with Crippen molar-refractivity contribution in [3.63, 3.8) is 0 Å². The van der Waals surface area contributed by atoms with E-state index in [0.29, 0.717) is 0 Å². The third-order valence-corrected chi connectivity index (χ3v) is 5.04. The molecule has 0 bridgehead atoms. The van der Waals surface area contributed by atoms with Crippen LogP contribution in [0.1, 0.15) is 42.0 Å². The molecule has 0 saturated carbocycles. The first-order valence-electron chi connectivity index (χ1n) is 8.88. The fraction of sp³-hybridized carbons (Fsp3) is 0.381. The van der Waals surface area contributed by atoms with Gasteiger partial charge in [-0.2, -0.15) is 0 Å². The molecule has 1 aliphatic rings. The lowest BCUT2D eigenvalue weighted by Crippen LogP contribution is -2.44. The van der Waals surface area contributed by atoms with Crippen molar-refractivity contribution < 1.29 is 0 Å². The summed E-state index contributed by atoms with van der Waals surface area (Å²) in [5, 5.41) is 4.53. The van der Waals surface area contributed by atoms with Crippen LogP contribution in [-0.2, 0) is 6.42 Å². The molecule has 1 saturated heterocycles. The Morgan fingerprint density at radius 3 is 2.50 bits per heavy atom. The summed E-state index contributed by atoms with van der Waals surface area (Å²) < 4.78 is 0. The minimum atomic E-state index is 0.211. The summed E-state index contributed by atoms with van der Waals surface area (Å²) in [5.41, 5.74) is 3.94. The summed E-state index contributed by atoms with van der Waals surface area (Å²) in [6, 6.07) is 19.6. The summed E-state index contributed by atoms with van der Waals surface area (Å²) in [4.78, 5) is 2.32. The Morgan fingerprint density at radius 2 is 1.79 bits per heavy atom. The molecule has 2 aromatic carbocycles. The Labute approximate surface area is 150 Å². The molecule has 0 aromatic heterocycles. The number of hydrogen-bond donors (Lipinski definition) is 1. The number of rotatable bonds is 4. The van der Waals surface area contributed by atoms with E-state index in [4.69, 9.17) is 12.2 Å². The highest BCUT2D eigenvalue weighted by Gasteiger charge is 2.18. The van der Waals surface area contributed by atoms with Crippen molar-refractivity contribution >= 4 is 17.3 Å². The molecular formula is C21H26N2S. The molecule has 2 nitrogen and oxygen atoms in total. The smallest absolute Gasteiger partial charge is 0.169 e. The fourth-order valence-corrected chi connectivity index (χ4v) is 3.67. The molecule has 3 heteroatoms. The lowest BCUT2D eigenvalue weighted by Gasteiger charge is -2.32. The topological polar surface area (TPSA) is 15.3 Å². The zero-order valence-electron chi connectivity index (χ0n) is 14.4. The molecule has 2 aromatic rings. The summed E-state index contributed by atoms with van der Waals surface area (Å²) in [6.45, 7) is 4.31. The molecule has 3 rings (SSSR count). The van der Waals surface area contributed by atoms with Crippen LogP contribution in [0.2, 0.25) is 0 Å². The van der Waals surface area contributed by atoms with E-state index in [1.165, 1.54) is 36.0 Å². The number of hydrogen-bond acceptors (Lipinski definition) is 1. The molecule has 0 spiro atoms. The van der Waals surface area contributed by atoms with Gasteiger partial charge in [-0.05, 0) is 56.0 Å². The molecular weight excluding hydrogens is 312 g/mol. The van der Waals surface area contributed by atoms with Gasteiger partial charge in [-0.15, -0.1) is 0 Å². The Bertz CT molecular complexity index is 663. The number of likely N-dealkylation sites (tertiary alicyclic amines) is 1. The number of aryl methyl sites for hydroxylation is 1. The lowest BCUT2D eigenvalue weighted by molar-refractivity contribution is 0.334. The molecule has 1 aliphatic heterocycles. The van der Waals surface area contributed by atoms with Gasteiger partial charge in [-0.1, -0.05) is 60.2 Å². The van der Waals surface area contributed by atoms with Crippen LogP contribution >= 0.6 is 12.2 Å². The maximum Gasteiger partial charge on any atom is 0.169 e. The number of piperidine rings is 1. The summed E-state index contributed by atoms with van der Waals surface area (Å²) in [5.74, 6) is 0. The SMILES string of the molecule is Cc1cccc(CC(NC(=S)N2CCCCC2)c2ccccc2)c1. The van der Waals surface area contributed by atoms with Crippen LogP contribution in [0.3, 0.4) is 0 Å². The summed E-state index contributed by atoms with van der Waals surface area (Å²) in [7, 11) is 0. The Kier molecular flexibility index (Phi) is 5.86. The average Bonchev–Trinajstić information content (AvgIpc) is 2.63. The molecule has 1 heterocycles. The van der Waals surface area contributed by atoms with Gasteiger partial charge in [0, 0.05) is 13.1 Å². The van der Waals surface area contributed by atoms with E-state index >= 15 is 0 Å². The van der Waals surface area contributed by atoms with Crippen molar-refractivity contribution in [2.75, 3.05) is 13.1 Å². The van der Waals surface area contributed by atoms with Crippen molar-refractivity contribution in [2.45, 2.75) is 38.6 Å². The van der Waals surface area contributed by atoms with Gasteiger partial charge in [0.2, 0.25) is 0 Å². The minimum Gasteiger partial charge on any atom is -0.355 e. The fourth-order valence-electron chi connectivity index (χ4n) is 3.35. The zero-order chi connectivity index (χ0) is 16.8. The Hall–Kier alpha value is -1.87. The highest BCUT2D eigenvalue weighted by molar-refractivity contribution is 7.80. The molecule has 1 atom stereocenters. The van der Waals surface area contributed by atoms with Gasteiger partial charge in [-0.25, -0.2) is 0 Å². The van der Waals surface area contributed by atoms with Crippen molar-refractivity contribution in [1.29, 1.82) is 0 Å². The molecule has 1 fully saturated rings. The van der Waals surface area contributed by atoms with Gasteiger partial charge in [0.15, 0.2) is 5.11 Å². The van der Waals surface area contributed by atoms with Gasteiger partial charge in [0.25, 0.3) is 0 Å². The van der Waals surface area contributed by atoms with Gasteiger partial charge >= 0.3 is 0 Å². The van der Waals surface area contributed by atoms with E-state index in [-0.39, 0.29) is 6.04 Å². The van der Waals surface area contributed by atoms with Crippen molar-refractivity contribution in [3.8, 4) is 0 Å². The quantitative estimate of drug-likeness (QED) is 0.818. The second kappa shape index (κ2) is 8.29. The second-order valence-corrected chi connectivity index (χ2v) is 7.04. The number of thiocarbonyl (C=S) groups is 1. The first kappa shape index (κ1) is 17.0. The van der Waals surface area contributed by atoms with Crippen LogP contribution in [0.4, 0.5) is 0 Å². The third kappa shape index (κ3) is 4.57. The van der Waals surface area contributed by atoms with Gasteiger partial charge in [0.1, 0.15) is 0 Å². The van der Waals surface area contributed by atoms with E-state index in [2.05, 4.69) is 71.7 Å². The maximum absolute atomic E-state index is 5.71. The minimum absolute atomic E-state index is 0.211. The van der Waals surface area contributed by atoms with Gasteiger partial charge in [-0.3, -0.25) is 0 Å². The molecule has 126 valence electrons. The third-order valence-electron chi connectivity index (χ3n) is 4.67. The number of nitrogens with zero attached hydrogens (tertiary/aromatic N) is 1. The molecule has 0 radical (unpaired) electrons.